The largest absolute Gasteiger partial charge is 0.455 e. The second-order valence-corrected chi connectivity index (χ2v) is 10.5. The summed E-state index contributed by atoms with van der Waals surface area (Å²) >= 11 is 0. The third kappa shape index (κ3) is 4.20. The van der Waals surface area contributed by atoms with Crippen molar-refractivity contribution >= 4 is 49.8 Å². The molecule has 6 aromatic carbocycles. The maximum absolute atomic E-state index is 6.41. The fourth-order valence-electron chi connectivity index (χ4n) is 5.88. The van der Waals surface area contributed by atoms with Gasteiger partial charge in [-0.05, 0) is 76.2 Å². The molecule has 0 atom stereocenters. The van der Waals surface area contributed by atoms with E-state index in [1.54, 1.807) is 6.20 Å². The molecule has 0 radical (unpaired) electrons. The van der Waals surface area contributed by atoms with Gasteiger partial charge < -0.3 is 9.32 Å². The van der Waals surface area contributed by atoms with Crippen LogP contribution >= 0.6 is 0 Å². The Morgan fingerprint density at radius 1 is 0.452 bits per heavy atom. The molecule has 0 fully saturated rings. The molecule has 0 aliphatic heterocycles. The monoisotopic (exact) mass is 538 g/mol. The first kappa shape index (κ1) is 24.2. The molecule has 0 unspecified atom stereocenters. The molecular weight excluding hydrogens is 512 g/mol. The third-order valence-electron chi connectivity index (χ3n) is 7.92. The Morgan fingerprint density at radius 3 is 1.71 bits per heavy atom. The van der Waals surface area contributed by atoms with Gasteiger partial charge in [-0.2, -0.15) is 0 Å². The van der Waals surface area contributed by atoms with Crippen LogP contribution in [0.4, 0.5) is 17.1 Å². The predicted octanol–water partition coefficient (Wildman–Crippen LogP) is 10.9. The molecule has 0 spiro atoms. The molecule has 42 heavy (non-hydrogen) atoms. The number of rotatable bonds is 5. The van der Waals surface area contributed by atoms with E-state index in [1.165, 1.54) is 22.3 Å². The van der Waals surface area contributed by atoms with E-state index in [2.05, 4.69) is 149 Å². The molecule has 0 saturated carbocycles. The minimum Gasteiger partial charge on any atom is -0.455 e. The molecular formula is C39H26N2O. The molecule has 2 heterocycles. The zero-order valence-corrected chi connectivity index (χ0v) is 22.8. The molecule has 8 aromatic rings. The number of anilines is 3. The maximum atomic E-state index is 6.41. The summed E-state index contributed by atoms with van der Waals surface area (Å²) in [5.74, 6) is 0. The minimum absolute atomic E-state index is 0.848. The normalized spacial score (nSPS) is 11.3. The Morgan fingerprint density at radius 2 is 1.05 bits per heavy atom. The van der Waals surface area contributed by atoms with Crippen LogP contribution in [-0.4, -0.2) is 4.98 Å². The number of pyridine rings is 1. The van der Waals surface area contributed by atoms with Crippen molar-refractivity contribution in [3.05, 3.63) is 158 Å². The van der Waals surface area contributed by atoms with Crippen molar-refractivity contribution < 1.29 is 4.42 Å². The summed E-state index contributed by atoms with van der Waals surface area (Å²) in [6, 6.07) is 51.4. The highest BCUT2D eigenvalue weighted by atomic mass is 16.3. The second kappa shape index (κ2) is 10.1. The van der Waals surface area contributed by atoms with Gasteiger partial charge in [0.1, 0.15) is 11.2 Å². The number of nitrogens with zero attached hydrogens (tertiary/aromatic N) is 2. The van der Waals surface area contributed by atoms with Gasteiger partial charge in [-0.1, -0.05) is 97.1 Å². The first-order valence-corrected chi connectivity index (χ1v) is 14.1. The van der Waals surface area contributed by atoms with Gasteiger partial charge in [-0.3, -0.25) is 4.98 Å². The molecule has 2 aromatic heterocycles. The Bertz CT molecular complexity index is 2120. The molecule has 0 saturated heterocycles. The summed E-state index contributed by atoms with van der Waals surface area (Å²) in [4.78, 5) is 6.67. The molecule has 8 rings (SSSR count). The van der Waals surface area contributed by atoms with E-state index in [1.807, 2.05) is 12.3 Å². The van der Waals surface area contributed by atoms with E-state index in [0.717, 1.165) is 49.8 Å². The summed E-state index contributed by atoms with van der Waals surface area (Å²) in [5, 5.41) is 4.31. The van der Waals surface area contributed by atoms with E-state index in [0.29, 0.717) is 0 Å². The second-order valence-electron chi connectivity index (χ2n) is 10.5. The lowest BCUT2D eigenvalue weighted by Gasteiger charge is -2.27. The number of hydrogen-bond donors (Lipinski definition) is 0. The van der Waals surface area contributed by atoms with Crippen molar-refractivity contribution in [2.24, 2.45) is 0 Å². The average molecular weight is 539 g/mol. The van der Waals surface area contributed by atoms with E-state index in [-0.39, 0.29) is 0 Å². The van der Waals surface area contributed by atoms with Gasteiger partial charge in [0.2, 0.25) is 0 Å². The van der Waals surface area contributed by atoms with Crippen molar-refractivity contribution in [3.63, 3.8) is 0 Å². The first-order chi connectivity index (χ1) is 20.8. The quantitative estimate of drug-likeness (QED) is 0.218. The zero-order valence-electron chi connectivity index (χ0n) is 22.8. The van der Waals surface area contributed by atoms with E-state index in [4.69, 9.17) is 4.42 Å². The molecule has 3 nitrogen and oxygen atoms in total. The highest BCUT2D eigenvalue weighted by Gasteiger charge is 2.17. The summed E-state index contributed by atoms with van der Waals surface area (Å²) in [7, 11) is 0. The molecule has 0 aliphatic rings. The lowest BCUT2D eigenvalue weighted by atomic mass is 10.0. The van der Waals surface area contributed by atoms with Gasteiger partial charge in [-0.15, -0.1) is 0 Å². The van der Waals surface area contributed by atoms with Crippen LogP contribution in [0.2, 0.25) is 0 Å². The first-order valence-electron chi connectivity index (χ1n) is 14.1. The topological polar surface area (TPSA) is 29.3 Å². The predicted molar refractivity (Wildman–Crippen MR) is 175 cm³/mol. The van der Waals surface area contributed by atoms with Crippen LogP contribution in [0.3, 0.4) is 0 Å². The van der Waals surface area contributed by atoms with Crippen LogP contribution < -0.4 is 4.90 Å². The summed E-state index contributed by atoms with van der Waals surface area (Å²) < 4.78 is 6.41. The fourth-order valence-corrected chi connectivity index (χ4v) is 5.88. The van der Waals surface area contributed by atoms with Crippen molar-refractivity contribution in [2.75, 3.05) is 4.90 Å². The number of aromatic nitrogens is 1. The third-order valence-corrected chi connectivity index (χ3v) is 7.92. The summed E-state index contributed by atoms with van der Waals surface area (Å²) in [6.07, 6.45) is 3.66. The Labute approximate surface area is 243 Å². The fraction of sp³-hybridized carbons (Fsp3) is 0. The van der Waals surface area contributed by atoms with Crippen LogP contribution in [0.1, 0.15) is 0 Å². The molecule has 0 bridgehead atoms. The van der Waals surface area contributed by atoms with Gasteiger partial charge in [0.05, 0.1) is 0 Å². The Balaban J connectivity index is 1.35. The summed E-state index contributed by atoms with van der Waals surface area (Å²) in [6.45, 7) is 0. The molecule has 198 valence electrons. The van der Waals surface area contributed by atoms with Gasteiger partial charge in [0.25, 0.3) is 0 Å². The van der Waals surface area contributed by atoms with Gasteiger partial charge in [0, 0.05) is 45.6 Å². The number of fused-ring (bicyclic) bond motifs is 5. The average Bonchev–Trinajstić information content (AvgIpc) is 3.45. The Hall–Kier alpha value is -5.67. The molecule has 3 heteroatoms. The number of furan rings is 1. The highest BCUT2D eigenvalue weighted by Crippen LogP contribution is 2.41. The van der Waals surface area contributed by atoms with E-state index in [9.17, 15) is 0 Å². The van der Waals surface area contributed by atoms with Gasteiger partial charge >= 0.3 is 0 Å². The molecule has 0 N–H and O–H groups in total. The van der Waals surface area contributed by atoms with Crippen molar-refractivity contribution in [3.8, 4) is 22.3 Å². The Kier molecular flexibility index (Phi) is 5.79. The van der Waals surface area contributed by atoms with E-state index >= 15 is 0 Å². The number of benzene rings is 6. The standard InChI is InChI=1S/C39H26N2O/c1-3-9-27(10-4-1)30-13-7-15-32(23-30)41(33-16-8-14-31(24-33)28-11-5-2-6-12-28)34-19-17-29-18-20-35-37-26-40-22-21-38(37)42-39(35)36(29)25-34/h1-26H. The van der Waals surface area contributed by atoms with Crippen LogP contribution in [-0.2, 0) is 0 Å². The van der Waals surface area contributed by atoms with Crippen LogP contribution in [0.15, 0.2) is 162 Å². The van der Waals surface area contributed by atoms with Gasteiger partial charge in [-0.25, -0.2) is 0 Å². The lowest BCUT2D eigenvalue weighted by Crippen LogP contribution is -2.10. The zero-order chi connectivity index (χ0) is 27.9. The lowest BCUT2D eigenvalue weighted by molar-refractivity contribution is 0.672. The van der Waals surface area contributed by atoms with Crippen molar-refractivity contribution in [1.29, 1.82) is 0 Å². The molecule has 0 aliphatic carbocycles. The number of hydrogen-bond acceptors (Lipinski definition) is 3. The van der Waals surface area contributed by atoms with Gasteiger partial charge in [0.15, 0.2) is 0 Å². The van der Waals surface area contributed by atoms with Crippen molar-refractivity contribution in [1.82, 2.24) is 4.98 Å². The van der Waals surface area contributed by atoms with Crippen molar-refractivity contribution in [2.45, 2.75) is 0 Å². The summed E-state index contributed by atoms with van der Waals surface area (Å²) in [5.41, 5.74) is 9.68. The minimum atomic E-state index is 0.848. The van der Waals surface area contributed by atoms with E-state index < -0.39 is 0 Å². The maximum Gasteiger partial charge on any atom is 0.143 e. The van der Waals surface area contributed by atoms with Crippen LogP contribution in [0, 0.1) is 0 Å². The van der Waals surface area contributed by atoms with Crippen LogP contribution in [0.25, 0.3) is 55.0 Å². The molecule has 0 amide bonds. The van der Waals surface area contributed by atoms with Crippen LogP contribution in [0.5, 0.6) is 0 Å². The smallest absolute Gasteiger partial charge is 0.143 e. The highest BCUT2D eigenvalue weighted by molar-refractivity contribution is 6.15. The SMILES string of the molecule is c1ccc(-c2cccc(N(c3cccc(-c4ccccc4)c3)c3ccc4ccc5c6cnccc6oc5c4c3)c2)cc1.